The maximum absolute atomic E-state index is 12.4. The van der Waals surface area contributed by atoms with Gasteiger partial charge in [0.15, 0.2) is 0 Å². The molecule has 2 aromatic rings. The van der Waals surface area contributed by atoms with Crippen LogP contribution in [0.25, 0.3) is 0 Å². The summed E-state index contributed by atoms with van der Waals surface area (Å²) < 4.78 is 25.7. The first-order valence-corrected chi connectivity index (χ1v) is 10.6. The highest BCUT2D eigenvalue weighted by Gasteiger charge is 2.18. The van der Waals surface area contributed by atoms with Crippen LogP contribution >= 0.6 is 23.4 Å². The Hall–Kier alpha value is -1.44. The molecule has 0 saturated carbocycles. The summed E-state index contributed by atoms with van der Waals surface area (Å²) in [5, 5.41) is 5.02. The maximum atomic E-state index is 12.4. The fourth-order valence-corrected chi connectivity index (χ4v) is 4.57. The molecule has 0 aliphatic carbocycles. The van der Waals surface area contributed by atoms with Crippen molar-refractivity contribution in [2.45, 2.75) is 30.2 Å². The molecule has 0 fully saturated rings. The van der Waals surface area contributed by atoms with Crippen molar-refractivity contribution in [1.29, 1.82) is 0 Å². The van der Waals surface area contributed by atoms with Gasteiger partial charge in [0.2, 0.25) is 0 Å². The molecule has 0 N–H and O–H groups in total. The zero-order chi connectivity index (χ0) is 18.6. The van der Waals surface area contributed by atoms with E-state index in [0.29, 0.717) is 10.0 Å². The maximum Gasteiger partial charge on any atom is 0.257 e. The number of benzene rings is 1. The van der Waals surface area contributed by atoms with Gasteiger partial charge in [-0.05, 0) is 30.7 Å². The van der Waals surface area contributed by atoms with Crippen LogP contribution in [0.2, 0.25) is 5.02 Å². The molecule has 136 valence electrons. The van der Waals surface area contributed by atoms with Gasteiger partial charge in [0.25, 0.3) is 10.0 Å². The molecular formula is C17H22ClN3O2S2. The van der Waals surface area contributed by atoms with E-state index in [0.717, 1.165) is 21.0 Å². The van der Waals surface area contributed by atoms with Gasteiger partial charge in [-0.3, -0.25) is 0 Å². The van der Waals surface area contributed by atoms with E-state index in [-0.39, 0.29) is 5.75 Å². The highest BCUT2D eigenvalue weighted by molar-refractivity contribution is 7.99. The van der Waals surface area contributed by atoms with E-state index in [9.17, 15) is 8.42 Å². The fourth-order valence-electron chi connectivity index (χ4n) is 2.22. The largest absolute Gasteiger partial charge is 0.384 e. The third-order valence-corrected chi connectivity index (χ3v) is 6.53. The molecule has 25 heavy (non-hydrogen) atoms. The van der Waals surface area contributed by atoms with Gasteiger partial charge in [0.05, 0.1) is 17.0 Å². The summed E-state index contributed by atoms with van der Waals surface area (Å²) in [6.45, 7) is 4.11. The van der Waals surface area contributed by atoms with E-state index in [1.165, 1.54) is 23.5 Å². The number of aryl methyl sites for hydroxylation is 2. The summed E-state index contributed by atoms with van der Waals surface area (Å²) in [5.41, 5.74) is 2.30. The lowest BCUT2D eigenvalue weighted by Gasteiger charge is -2.09. The van der Waals surface area contributed by atoms with Crippen LogP contribution in [0.5, 0.6) is 0 Å². The molecule has 8 heteroatoms. The lowest BCUT2D eigenvalue weighted by molar-refractivity contribution is 0.561. The summed E-state index contributed by atoms with van der Waals surface area (Å²) in [7, 11) is 0.0776. The van der Waals surface area contributed by atoms with Crippen molar-refractivity contribution in [3.63, 3.8) is 0 Å². The predicted molar refractivity (Wildman–Crippen MR) is 104 cm³/mol. The second kappa shape index (κ2) is 8.29. The molecule has 1 heterocycles. The Morgan fingerprint density at radius 1 is 1.36 bits per heavy atom. The van der Waals surface area contributed by atoms with E-state index in [1.807, 2.05) is 33.2 Å². The van der Waals surface area contributed by atoms with Crippen LogP contribution in [0.4, 0.5) is 0 Å². The molecule has 5 nitrogen and oxygen atoms in total. The van der Waals surface area contributed by atoms with E-state index >= 15 is 0 Å². The molecule has 1 aromatic heterocycles. The van der Waals surface area contributed by atoms with Crippen molar-refractivity contribution < 1.29 is 8.42 Å². The van der Waals surface area contributed by atoms with E-state index in [4.69, 9.17) is 11.6 Å². The number of nitrogens with zero attached hydrogens (tertiary/aromatic N) is 3. The van der Waals surface area contributed by atoms with Gasteiger partial charge in [-0.1, -0.05) is 54.6 Å². The minimum Gasteiger partial charge on any atom is -0.384 e. The van der Waals surface area contributed by atoms with Gasteiger partial charge in [-0.25, -0.2) is 8.42 Å². The highest BCUT2D eigenvalue weighted by Crippen LogP contribution is 2.36. The zero-order valence-electron chi connectivity index (χ0n) is 14.7. The number of rotatable bonds is 7. The topological polar surface area (TPSA) is 55.2 Å². The zero-order valence-corrected chi connectivity index (χ0v) is 17.1. The minimum absolute atomic E-state index is 0.141. The van der Waals surface area contributed by atoms with Crippen LogP contribution in [0.3, 0.4) is 0 Å². The molecule has 0 bridgehead atoms. The van der Waals surface area contributed by atoms with Crippen LogP contribution < -0.4 is 0 Å². The number of aromatic nitrogens is 2. The second-order valence-corrected chi connectivity index (χ2v) is 9.08. The molecule has 2 rings (SSSR count). The predicted octanol–water partition coefficient (Wildman–Crippen LogP) is 3.81. The van der Waals surface area contributed by atoms with Crippen molar-refractivity contribution in [2.24, 2.45) is 0 Å². The molecule has 0 aliphatic rings. The van der Waals surface area contributed by atoms with E-state index in [2.05, 4.69) is 18.1 Å². The summed E-state index contributed by atoms with van der Waals surface area (Å²) in [6, 6.07) is 6.10. The average molecular weight is 400 g/mol. The molecule has 0 saturated heterocycles. The summed E-state index contributed by atoms with van der Waals surface area (Å²) in [4.78, 5) is 2.85. The quantitative estimate of drug-likeness (QED) is 0.708. The van der Waals surface area contributed by atoms with E-state index in [1.54, 1.807) is 17.2 Å². The van der Waals surface area contributed by atoms with Crippen LogP contribution in [-0.4, -0.2) is 42.4 Å². The first kappa shape index (κ1) is 19.9. The molecule has 0 atom stereocenters. The molecule has 1 aromatic carbocycles. The van der Waals surface area contributed by atoms with Crippen molar-refractivity contribution in [3.05, 3.63) is 52.8 Å². The van der Waals surface area contributed by atoms with E-state index < -0.39 is 10.0 Å². The Balaban J connectivity index is 2.29. The summed E-state index contributed by atoms with van der Waals surface area (Å²) >= 11 is 7.64. The van der Waals surface area contributed by atoms with Gasteiger partial charge >= 0.3 is 0 Å². The van der Waals surface area contributed by atoms with Crippen molar-refractivity contribution in [2.75, 3.05) is 19.8 Å². The average Bonchev–Trinajstić information content (AvgIpc) is 2.90. The van der Waals surface area contributed by atoms with Gasteiger partial charge in [0.1, 0.15) is 5.03 Å². The van der Waals surface area contributed by atoms with Crippen LogP contribution in [0, 0.1) is 6.92 Å². The SMILES string of the molecule is CCc1cccc(C)c1Sc1nn(S(=O)(=O)CC=CN(C)C)cc1Cl. The van der Waals surface area contributed by atoms with Gasteiger partial charge in [0, 0.05) is 19.0 Å². The van der Waals surface area contributed by atoms with Crippen molar-refractivity contribution in [3.8, 4) is 0 Å². The van der Waals surface area contributed by atoms with Gasteiger partial charge in [-0.15, -0.1) is 5.10 Å². The molecule has 0 amide bonds. The molecule has 0 unspecified atom stereocenters. The first-order chi connectivity index (χ1) is 11.7. The smallest absolute Gasteiger partial charge is 0.257 e. The highest BCUT2D eigenvalue weighted by atomic mass is 35.5. The molecular weight excluding hydrogens is 378 g/mol. The Morgan fingerprint density at radius 3 is 2.72 bits per heavy atom. The van der Waals surface area contributed by atoms with Crippen LogP contribution in [-0.2, 0) is 16.4 Å². The number of halogens is 1. The summed E-state index contributed by atoms with van der Waals surface area (Å²) in [6.07, 6.45) is 5.51. The Kier molecular flexibility index (Phi) is 6.59. The monoisotopic (exact) mass is 399 g/mol. The molecule has 0 aliphatic heterocycles. The van der Waals surface area contributed by atoms with Gasteiger partial charge < -0.3 is 4.90 Å². The van der Waals surface area contributed by atoms with Crippen LogP contribution in [0.1, 0.15) is 18.1 Å². The second-order valence-electron chi connectivity index (χ2n) is 5.80. The Morgan fingerprint density at radius 2 is 2.08 bits per heavy atom. The lowest BCUT2D eigenvalue weighted by Crippen LogP contribution is -2.16. The number of hydrogen-bond acceptors (Lipinski definition) is 5. The molecule has 0 spiro atoms. The summed E-state index contributed by atoms with van der Waals surface area (Å²) in [5.74, 6) is -0.141. The lowest BCUT2D eigenvalue weighted by atomic mass is 10.1. The Bertz CT molecular complexity index is 874. The Labute approximate surface area is 158 Å². The standard InChI is InChI=1S/C17H22ClN3O2S2/c1-5-14-9-6-8-13(2)16(14)24-17-15(18)12-21(19-17)25(22,23)11-7-10-20(3)4/h6-10,12H,5,11H2,1-4H3. The van der Waals surface area contributed by atoms with Gasteiger partial charge in [-0.2, -0.15) is 4.09 Å². The fraction of sp³-hybridized carbons (Fsp3) is 0.353. The third-order valence-electron chi connectivity index (χ3n) is 3.49. The van der Waals surface area contributed by atoms with Crippen molar-refractivity contribution >= 4 is 33.4 Å². The normalized spacial score (nSPS) is 12.0. The molecule has 0 radical (unpaired) electrons. The first-order valence-electron chi connectivity index (χ1n) is 7.82. The van der Waals surface area contributed by atoms with Crippen LogP contribution in [0.15, 0.2) is 46.6 Å². The third kappa shape index (κ3) is 5.03. The minimum atomic E-state index is -3.58. The van der Waals surface area contributed by atoms with Crippen molar-refractivity contribution in [1.82, 2.24) is 14.1 Å². The number of hydrogen-bond donors (Lipinski definition) is 0.